The SMILES string of the molecule is O=C(CNC(=O)c1ccc(Cl)c(Cl)c1)NC1(C(=O)O)CCCCC1. The van der Waals surface area contributed by atoms with Crippen molar-refractivity contribution in [2.24, 2.45) is 0 Å². The maximum atomic E-state index is 12.0. The lowest BCUT2D eigenvalue weighted by molar-refractivity contribution is -0.149. The van der Waals surface area contributed by atoms with Gasteiger partial charge in [-0.2, -0.15) is 0 Å². The van der Waals surface area contributed by atoms with E-state index in [2.05, 4.69) is 10.6 Å². The first-order valence-electron chi connectivity index (χ1n) is 7.62. The molecule has 1 aliphatic carbocycles. The smallest absolute Gasteiger partial charge is 0.329 e. The number of rotatable bonds is 5. The summed E-state index contributed by atoms with van der Waals surface area (Å²) in [5, 5.41) is 15.0. The van der Waals surface area contributed by atoms with Crippen molar-refractivity contribution in [1.29, 1.82) is 0 Å². The first-order valence-corrected chi connectivity index (χ1v) is 8.37. The van der Waals surface area contributed by atoms with E-state index in [-0.39, 0.29) is 17.1 Å². The highest BCUT2D eigenvalue weighted by Gasteiger charge is 2.40. The van der Waals surface area contributed by atoms with Crippen molar-refractivity contribution >= 4 is 41.0 Å². The standard InChI is InChI=1S/C16H18Cl2N2O4/c17-11-5-4-10(8-12(11)18)14(22)19-9-13(21)20-16(15(23)24)6-2-1-3-7-16/h4-5,8H,1-3,6-7,9H2,(H,19,22)(H,20,21)(H,23,24). The van der Waals surface area contributed by atoms with Gasteiger partial charge in [0.25, 0.3) is 5.91 Å². The molecule has 0 heterocycles. The average molecular weight is 373 g/mol. The van der Waals surface area contributed by atoms with Gasteiger partial charge in [-0.3, -0.25) is 9.59 Å². The van der Waals surface area contributed by atoms with E-state index in [1.54, 1.807) is 0 Å². The second-order valence-corrected chi connectivity index (χ2v) is 6.62. The number of carbonyl (C=O) groups excluding carboxylic acids is 2. The minimum atomic E-state index is -1.23. The van der Waals surface area contributed by atoms with Crippen molar-refractivity contribution in [2.45, 2.75) is 37.6 Å². The minimum Gasteiger partial charge on any atom is -0.480 e. The van der Waals surface area contributed by atoms with Crippen LogP contribution >= 0.6 is 23.2 Å². The van der Waals surface area contributed by atoms with E-state index in [0.717, 1.165) is 19.3 Å². The molecule has 0 unspecified atom stereocenters. The summed E-state index contributed by atoms with van der Waals surface area (Å²) >= 11 is 11.6. The number of aliphatic carboxylic acids is 1. The second-order valence-electron chi connectivity index (χ2n) is 5.81. The Kier molecular flexibility index (Phi) is 6.07. The molecule has 0 saturated heterocycles. The lowest BCUT2D eigenvalue weighted by Crippen LogP contribution is -2.57. The summed E-state index contributed by atoms with van der Waals surface area (Å²) in [4.78, 5) is 35.6. The molecule has 0 bridgehead atoms. The largest absolute Gasteiger partial charge is 0.480 e. The highest BCUT2D eigenvalue weighted by Crippen LogP contribution is 2.28. The highest BCUT2D eigenvalue weighted by molar-refractivity contribution is 6.42. The number of hydrogen-bond donors (Lipinski definition) is 3. The van der Waals surface area contributed by atoms with E-state index in [9.17, 15) is 19.5 Å². The van der Waals surface area contributed by atoms with E-state index in [1.807, 2.05) is 0 Å². The third-order valence-electron chi connectivity index (χ3n) is 4.09. The Morgan fingerprint density at radius 1 is 1.08 bits per heavy atom. The van der Waals surface area contributed by atoms with Crippen LogP contribution in [0.1, 0.15) is 42.5 Å². The molecule has 6 nitrogen and oxygen atoms in total. The molecule has 0 aliphatic heterocycles. The van der Waals surface area contributed by atoms with Crippen LogP contribution in [-0.2, 0) is 9.59 Å². The van der Waals surface area contributed by atoms with Gasteiger partial charge in [0.2, 0.25) is 5.91 Å². The molecule has 0 radical (unpaired) electrons. The van der Waals surface area contributed by atoms with Crippen LogP contribution in [0.4, 0.5) is 0 Å². The Bertz CT molecular complexity index is 657. The molecular weight excluding hydrogens is 355 g/mol. The van der Waals surface area contributed by atoms with Crippen LogP contribution in [0.3, 0.4) is 0 Å². The first kappa shape index (κ1) is 18.5. The van der Waals surface area contributed by atoms with E-state index in [4.69, 9.17) is 23.2 Å². The van der Waals surface area contributed by atoms with Gasteiger partial charge >= 0.3 is 5.97 Å². The molecule has 0 spiro atoms. The topological polar surface area (TPSA) is 95.5 Å². The highest BCUT2D eigenvalue weighted by atomic mass is 35.5. The molecule has 3 N–H and O–H groups in total. The van der Waals surface area contributed by atoms with Crippen molar-refractivity contribution in [3.63, 3.8) is 0 Å². The second kappa shape index (κ2) is 7.85. The predicted octanol–water partition coefficient (Wildman–Crippen LogP) is 2.63. The molecule has 130 valence electrons. The molecule has 2 amide bonds. The summed E-state index contributed by atoms with van der Waals surface area (Å²) in [6, 6.07) is 4.37. The lowest BCUT2D eigenvalue weighted by Gasteiger charge is -2.33. The number of carboxylic acid groups (broad SMARTS) is 1. The van der Waals surface area contributed by atoms with Crippen LogP contribution in [0, 0.1) is 0 Å². The Morgan fingerprint density at radius 3 is 2.33 bits per heavy atom. The number of halogens is 2. The maximum absolute atomic E-state index is 12.0. The zero-order chi connectivity index (χ0) is 17.7. The lowest BCUT2D eigenvalue weighted by atomic mass is 9.81. The van der Waals surface area contributed by atoms with Crippen LogP contribution in [0.15, 0.2) is 18.2 Å². The van der Waals surface area contributed by atoms with Gasteiger partial charge in [-0.25, -0.2) is 4.79 Å². The first-order chi connectivity index (χ1) is 11.3. The fraction of sp³-hybridized carbons (Fsp3) is 0.438. The Morgan fingerprint density at radius 2 is 1.75 bits per heavy atom. The van der Waals surface area contributed by atoms with Gasteiger partial charge in [0.1, 0.15) is 5.54 Å². The quantitative estimate of drug-likeness (QED) is 0.740. The molecular formula is C16H18Cl2N2O4. The maximum Gasteiger partial charge on any atom is 0.329 e. The van der Waals surface area contributed by atoms with Crippen LogP contribution in [0.2, 0.25) is 10.0 Å². The van der Waals surface area contributed by atoms with E-state index < -0.39 is 23.3 Å². The van der Waals surface area contributed by atoms with E-state index >= 15 is 0 Å². The Labute approximate surface area is 149 Å². The number of hydrogen-bond acceptors (Lipinski definition) is 3. The molecule has 0 atom stereocenters. The monoisotopic (exact) mass is 372 g/mol. The summed E-state index contributed by atoms with van der Waals surface area (Å²) in [6.07, 6.45) is 3.26. The molecule has 1 fully saturated rings. The number of carboxylic acids is 1. The fourth-order valence-corrected chi connectivity index (χ4v) is 3.06. The van der Waals surface area contributed by atoms with Crippen molar-refractivity contribution in [3.05, 3.63) is 33.8 Å². The van der Waals surface area contributed by atoms with Gasteiger partial charge in [0, 0.05) is 5.56 Å². The Hall–Kier alpha value is -1.79. The Balaban J connectivity index is 1.93. The molecule has 0 aromatic heterocycles. The minimum absolute atomic E-state index is 0.237. The van der Waals surface area contributed by atoms with Gasteiger partial charge in [0.15, 0.2) is 0 Å². The zero-order valence-corrected chi connectivity index (χ0v) is 14.4. The third-order valence-corrected chi connectivity index (χ3v) is 4.83. The third kappa shape index (κ3) is 4.39. The van der Waals surface area contributed by atoms with Crippen LogP contribution in [0.25, 0.3) is 0 Å². The van der Waals surface area contributed by atoms with Gasteiger partial charge < -0.3 is 15.7 Å². The van der Waals surface area contributed by atoms with Crippen molar-refractivity contribution in [1.82, 2.24) is 10.6 Å². The van der Waals surface area contributed by atoms with Gasteiger partial charge in [-0.15, -0.1) is 0 Å². The molecule has 1 aromatic rings. The number of amides is 2. The summed E-state index contributed by atoms with van der Waals surface area (Å²) < 4.78 is 0. The van der Waals surface area contributed by atoms with Crippen molar-refractivity contribution in [2.75, 3.05) is 6.54 Å². The summed E-state index contributed by atoms with van der Waals surface area (Å²) in [5.74, 6) is -2.06. The number of benzene rings is 1. The average Bonchev–Trinajstić information content (AvgIpc) is 2.56. The van der Waals surface area contributed by atoms with Crippen molar-refractivity contribution < 1.29 is 19.5 Å². The number of carbonyl (C=O) groups is 3. The molecule has 1 aliphatic rings. The van der Waals surface area contributed by atoms with Gasteiger partial charge in [-0.05, 0) is 31.0 Å². The van der Waals surface area contributed by atoms with E-state index in [0.29, 0.717) is 17.9 Å². The zero-order valence-electron chi connectivity index (χ0n) is 12.9. The molecule has 24 heavy (non-hydrogen) atoms. The van der Waals surface area contributed by atoms with Gasteiger partial charge in [0.05, 0.1) is 16.6 Å². The van der Waals surface area contributed by atoms with Crippen molar-refractivity contribution in [3.8, 4) is 0 Å². The molecule has 8 heteroatoms. The normalized spacial score (nSPS) is 16.2. The van der Waals surface area contributed by atoms with Crippen LogP contribution in [0.5, 0.6) is 0 Å². The van der Waals surface area contributed by atoms with Crippen LogP contribution in [-0.4, -0.2) is 35.0 Å². The van der Waals surface area contributed by atoms with Crippen LogP contribution < -0.4 is 10.6 Å². The summed E-state index contributed by atoms with van der Waals surface area (Å²) in [6.45, 7) is -0.311. The van der Waals surface area contributed by atoms with Gasteiger partial charge in [-0.1, -0.05) is 42.5 Å². The fourth-order valence-electron chi connectivity index (χ4n) is 2.76. The van der Waals surface area contributed by atoms with E-state index in [1.165, 1.54) is 18.2 Å². The summed E-state index contributed by atoms with van der Waals surface area (Å²) in [5.41, 5.74) is -0.966. The molecule has 2 rings (SSSR count). The molecule has 1 saturated carbocycles. The predicted molar refractivity (Wildman–Crippen MR) is 90.4 cm³/mol. The number of nitrogens with one attached hydrogen (secondary N) is 2. The molecule has 1 aromatic carbocycles. The summed E-state index contributed by atoms with van der Waals surface area (Å²) in [7, 11) is 0.